The van der Waals surface area contributed by atoms with E-state index in [1.807, 2.05) is 4.98 Å². The lowest BCUT2D eigenvalue weighted by Crippen LogP contribution is -2.65. The lowest BCUT2D eigenvalue weighted by Gasteiger charge is -2.51. The first-order valence-electron chi connectivity index (χ1n) is 21.0. The van der Waals surface area contributed by atoms with Crippen LogP contribution in [0.1, 0.15) is 109 Å². The summed E-state index contributed by atoms with van der Waals surface area (Å²) in [6, 6.07) is 2.32. The largest absolute Gasteiger partial charge is 0.414 e. The van der Waals surface area contributed by atoms with Gasteiger partial charge in [0.05, 0.1) is 13.2 Å². The van der Waals surface area contributed by atoms with Gasteiger partial charge in [0.25, 0.3) is 11.1 Å². The zero-order valence-corrected chi connectivity index (χ0v) is 41.4. The van der Waals surface area contributed by atoms with E-state index in [1.54, 1.807) is 0 Å². The second-order valence-electron chi connectivity index (χ2n) is 18.2. The molecule has 344 valence electrons. The van der Waals surface area contributed by atoms with Crippen LogP contribution in [0, 0.1) is 0 Å². The molecule has 3 fully saturated rings. The fourth-order valence-corrected chi connectivity index (χ4v) is 23.9. The highest BCUT2D eigenvalue weighted by molar-refractivity contribution is 7.22. The first-order valence-corrected chi connectivity index (χ1v) is 28.2. The molecule has 2 unspecified atom stereocenters. The van der Waals surface area contributed by atoms with Crippen molar-refractivity contribution < 1.29 is 42.9 Å². The zero-order valence-electron chi connectivity index (χ0n) is 37.6. The lowest BCUT2D eigenvalue weighted by molar-refractivity contribution is -0.0600. The fourth-order valence-electron chi connectivity index (χ4n) is 8.73. The van der Waals surface area contributed by atoms with Crippen molar-refractivity contribution in [3.05, 3.63) is 66.2 Å². The predicted molar refractivity (Wildman–Crippen MR) is 236 cm³/mol. The van der Waals surface area contributed by atoms with E-state index in [9.17, 15) is 34.5 Å². The highest BCUT2D eigenvalue weighted by Gasteiger charge is 2.62. The lowest BCUT2D eigenvalue weighted by atomic mass is 10.1. The number of aromatic amines is 2. The highest BCUT2D eigenvalue weighted by Crippen LogP contribution is 2.48. The third-order valence-corrected chi connectivity index (χ3v) is 31.5. The van der Waals surface area contributed by atoms with E-state index in [1.165, 1.54) is 16.8 Å². The molecule has 0 saturated carbocycles. The van der Waals surface area contributed by atoms with Crippen molar-refractivity contribution in [2.75, 3.05) is 13.2 Å². The Kier molecular flexibility index (Phi) is 18.4. The van der Waals surface area contributed by atoms with Crippen LogP contribution in [0.15, 0.2) is 43.7 Å². The van der Waals surface area contributed by atoms with Gasteiger partial charge in [0.15, 0.2) is 19.8 Å². The third kappa shape index (κ3) is 10.8. The van der Waals surface area contributed by atoms with E-state index < -0.39 is 103 Å². The second kappa shape index (κ2) is 21.1. The molecular weight excluding hydrogens is 852 g/mol. The molecule has 0 amide bonds. The number of aliphatic hydroxyl groups excluding tert-OH is 4. The van der Waals surface area contributed by atoms with Crippen molar-refractivity contribution in [1.82, 2.24) is 19.1 Å². The third-order valence-electron chi connectivity index (χ3n) is 12.1. The molecule has 21 heteroatoms. The summed E-state index contributed by atoms with van der Waals surface area (Å²) in [5, 5.41) is 39.3. The van der Waals surface area contributed by atoms with Crippen molar-refractivity contribution >= 4 is 35.6 Å². The van der Waals surface area contributed by atoms with E-state index in [4.69, 9.17) is 38.6 Å². The number of fused-ring (bicyclic) bond motifs is 1. The topological polar surface area (TPSA) is 237 Å². The number of nitrogens with zero attached hydrogens (tertiary/aromatic N) is 2. The molecule has 0 radical (unpaired) electrons. The van der Waals surface area contributed by atoms with Gasteiger partial charge in [-0.1, -0.05) is 96.9 Å². The molecule has 0 aliphatic carbocycles. The Labute approximate surface area is 360 Å². The maximum absolute atomic E-state index is 12.4. The summed E-state index contributed by atoms with van der Waals surface area (Å²) in [5.74, 6) is 0. The average Bonchev–Trinajstić information content (AvgIpc) is 3.60. The van der Waals surface area contributed by atoms with Crippen LogP contribution in [0.4, 0.5) is 0 Å². The molecule has 8 atom stereocenters. The van der Waals surface area contributed by atoms with Gasteiger partial charge in [-0.15, -0.1) is 0 Å². The van der Waals surface area contributed by atoms with Gasteiger partial charge in [-0.05, 0) is 38.8 Å². The molecule has 0 spiro atoms. The Morgan fingerprint density at radius 3 is 1.43 bits per heavy atom. The van der Waals surface area contributed by atoms with Crippen LogP contribution in [0.25, 0.3) is 0 Å². The molecular formula is C39H71ClN4O13Si3. The van der Waals surface area contributed by atoms with Crippen LogP contribution in [-0.2, 0) is 22.4 Å². The van der Waals surface area contributed by atoms with Crippen molar-refractivity contribution in [3.8, 4) is 0 Å². The first kappa shape index (κ1) is 52.3. The Morgan fingerprint density at radius 1 is 0.683 bits per heavy atom. The normalized spacial score (nSPS) is 27.8. The van der Waals surface area contributed by atoms with Crippen LogP contribution in [0.2, 0.25) is 38.8 Å². The number of hydrogen-bond acceptors (Lipinski definition) is 13. The Hall–Kier alpha value is -2.06. The Bertz CT molecular complexity index is 1880. The standard InChI is InChI=1S/C21H38N2O7Si2.C9H21ClSi.C9H12N2O6/c1-12(2)31(13(3)4)27-11-16-19(29-32(30-31,14(5)6)15(7)8)18(25)20(28-16)23-10-9-17(24)22-21(23)26;1-7(2)11(10,8(3)4)9(5)6;12-3-4-6(14)7(15)8(17-4)11-2-1-5(13)10-9(11)16/h9-10,12-16,18-20,25H,11H2,1-8H3,(H,22,24,26);7-9H,1-6H3;1-2,4,6-8,12,14-15H,3H2,(H,10,13,16)/t16-,18+,19?,20-;;4-,6?,7+,8-/m1.1/s1. The summed E-state index contributed by atoms with van der Waals surface area (Å²) >= 11 is 6.68. The monoisotopic (exact) mass is 922 g/mol. The summed E-state index contributed by atoms with van der Waals surface area (Å²) in [6.45, 7) is 30.3. The Morgan fingerprint density at radius 2 is 1.10 bits per heavy atom. The van der Waals surface area contributed by atoms with Gasteiger partial charge < -0.3 is 42.9 Å². The number of nitrogens with one attached hydrogen (secondary N) is 2. The van der Waals surface area contributed by atoms with Gasteiger partial charge in [-0.25, -0.2) is 9.59 Å². The van der Waals surface area contributed by atoms with Gasteiger partial charge >= 0.3 is 28.5 Å². The number of ether oxygens (including phenoxy) is 2. The minimum atomic E-state index is -2.91. The zero-order chi connectivity index (χ0) is 45.8. The molecule has 3 saturated heterocycles. The smallest absolute Gasteiger partial charge is 0.335 e. The molecule has 3 aliphatic rings. The number of halogens is 1. The molecule has 17 nitrogen and oxygen atoms in total. The van der Waals surface area contributed by atoms with E-state index in [0.717, 1.165) is 16.8 Å². The minimum absolute atomic E-state index is 0.108. The van der Waals surface area contributed by atoms with Crippen molar-refractivity contribution in [2.45, 2.75) is 185 Å². The number of H-pyrrole nitrogens is 2. The predicted octanol–water partition coefficient (Wildman–Crippen LogP) is 4.30. The minimum Gasteiger partial charge on any atom is -0.414 e. The average molecular weight is 924 g/mol. The molecule has 5 heterocycles. The van der Waals surface area contributed by atoms with Gasteiger partial charge in [0.1, 0.15) is 36.6 Å². The van der Waals surface area contributed by atoms with Crippen LogP contribution in [0.3, 0.4) is 0 Å². The van der Waals surface area contributed by atoms with E-state index in [0.29, 0.717) is 16.6 Å². The molecule has 60 heavy (non-hydrogen) atoms. The molecule has 2 aromatic heterocycles. The van der Waals surface area contributed by atoms with Crippen molar-refractivity contribution in [2.24, 2.45) is 0 Å². The van der Waals surface area contributed by atoms with Crippen LogP contribution in [-0.4, -0.2) is 114 Å². The molecule has 0 aromatic carbocycles. The van der Waals surface area contributed by atoms with Gasteiger partial charge in [-0.2, -0.15) is 11.1 Å². The highest BCUT2D eigenvalue weighted by atomic mass is 35.6. The summed E-state index contributed by atoms with van der Waals surface area (Å²) in [7, 11) is -7.14. The number of aromatic nitrogens is 4. The fraction of sp³-hybridized carbons (Fsp3) is 0.795. The summed E-state index contributed by atoms with van der Waals surface area (Å²) in [4.78, 5) is 50.4. The van der Waals surface area contributed by atoms with E-state index in [-0.39, 0.29) is 28.8 Å². The SMILES string of the molecule is CC(C)[Si](Cl)(C(C)C)C(C)C.CC(C)[Si]1(C(C)C)OC[C@H]2O[C@@H](n3ccc(=O)[nH]c3=O)[C@@H](O)C2O[Si](C(C)C)(C(C)C)O1.O=c1ccn([C@@H]2O[C@H](CO)C(O)[C@@H]2O)c(=O)[nH]1. The van der Waals surface area contributed by atoms with Gasteiger partial charge in [0, 0.05) is 24.5 Å². The van der Waals surface area contributed by atoms with Crippen LogP contribution < -0.4 is 22.5 Å². The quantitative estimate of drug-likeness (QED) is 0.144. The maximum atomic E-state index is 12.4. The summed E-state index contributed by atoms with van der Waals surface area (Å²) in [5.41, 5.74) is 0.174. The van der Waals surface area contributed by atoms with E-state index in [2.05, 4.69) is 102 Å². The maximum Gasteiger partial charge on any atom is 0.335 e. The van der Waals surface area contributed by atoms with E-state index >= 15 is 0 Å². The summed E-state index contributed by atoms with van der Waals surface area (Å²) in [6.07, 6.45) is -5.62. The molecule has 6 N–H and O–H groups in total. The molecule has 5 rings (SSSR count). The van der Waals surface area contributed by atoms with Crippen molar-refractivity contribution in [1.29, 1.82) is 0 Å². The number of rotatable bonds is 10. The molecule has 0 bridgehead atoms. The molecule has 2 aromatic rings. The number of hydrogen-bond donors (Lipinski definition) is 6. The first-order chi connectivity index (χ1) is 27.7. The van der Waals surface area contributed by atoms with Crippen molar-refractivity contribution in [3.63, 3.8) is 0 Å². The van der Waals surface area contributed by atoms with Crippen LogP contribution in [0.5, 0.6) is 0 Å². The van der Waals surface area contributed by atoms with Gasteiger partial charge in [-0.3, -0.25) is 28.7 Å². The summed E-state index contributed by atoms with van der Waals surface area (Å²) < 4.78 is 34.0. The van der Waals surface area contributed by atoms with Crippen LogP contribution >= 0.6 is 11.1 Å². The Balaban J connectivity index is 0.000000285. The molecule has 3 aliphatic heterocycles. The second-order valence-corrected chi connectivity index (χ2v) is 34.1. The number of aliphatic hydroxyl groups is 4. The van der Waals surface area contributed by atoms with Gasteiger partial charge in [0.2, 0.25) is 0 Å².